The van der Waals surface area contributed by atoms with Crippen LogP contribution in [0.3, 0.4) is 0 Å². The van der Waals surface area contributed by atoms with E-state index in [0.29, 0.717) is 5.92 Å². The maximum atomic E-state index is 9.64. The van der Waals surface area contributed by atoms with Gasteiger partial charge in [-0.05, 0) is 38.0 Å². The first kappa shape index (κ1) is 11.4. The normalized spacial score (nSPS) is 36.2. The second-order valence-electron chi connectivity index (χ2n) is 5.51. The zero-order valence-corrected chi connectivity index (χ0v) is 9.73. The van der Waals surface area contributed by atoms with Crippen molar-refractivity contribution in [2.75, 3.05) is 19.6 Å². The molecule has 1 saturated carbocycles. The van der Waals surface area contributed by atoms with Crippen LogP contribution in [0.2, 0.25) is 0 Å². The van der Waals surface area contributed by atoms with Crippen molar-refractivity contribution in [1.82, 2.24) is 4.90 Å². The summed E-state index contributed by atoms with van der Waals surface area (Å²) >= 11 is 0. The van der Waals surface area contributed by atoms with E-state index in [1.165, 1.54) is 25.8 Å². The van der Waals surface area contributed by atoms with Crippen molar-refractivity contribution in [3.05, 3.63) is 0 Å². The summed E-state index contributed by atoms with van der Waals surface area (Å²) in [5, 5.41) is 9.64. The quantitative estimate of drug-likeness (QED) is 0.728. The van der Waals surface area contributed by atoms with Crippen molar-refractivity contribution in [3.63, 3.8) is 0 Å². The summed E-state index contributed by atoms with van der Waals surface area (Å²) in [6, 6.07) is 0.262. The zero-order valence-electron chi connectivity index (χ0n) is 9.73. The van der Waals surface area contributed by atoms with Gasteiger partial charge in [0.1, 0.15) is 0 Å². The van der Waals surface area contributed by atoms with Gasteiger partial charge in [-0.25, -0.2) is 0 Å². The van der Waals surface area contributed by atoms with Crippen molar-refractivity contribution in [3.8, 4) is 0 Å². The maximum absolute atomic E-state index is 9.64. The maximum Gasteiger partial charge on any atom is 0.0553 e. The van der Waals surface area contributed by atoms with Crippen LogP contribution >= 0.6 is 0 Å². The molecule has 3 N–H and O–H groups in total. The Labute approximate surface area is 92.6 Å². The number of nitrogens with zero attached hydrogens (tertiary/aromatic N) is 1. The number of rotatable bonds is 3. The fourth-order valence-electron chi connectivity index (χ4n) is 2.81. The molecule has 88 valence electrons. The first-order valence-electron chi connectivity index (χ1n) is 6.31. The average Bonchev–Trinajstić information content (AvgIpc) is 2.10. The van der Waals surface area contributed by atoms with Crippen LogP contribution in [0.4, 0.5) is 0 Å². The minimum atomic E-state index is -0.208. The smallest absolute Gasteiger partial charge is 0.0553 e. The lowest BCUT2D eigenvalue weighted by atomic mass is 9.83. The highest BCUT2D eigenvalue weighted by atomic mass is 16.3. The summed E-state index contributed by atoms with van der Waals surface area (Å²) < 4.78 is 0. The van der Waals surface area contributed by atoms with Crippen LogP contribution in [0.5, 0.6) is 0 Å². The van der Waals surface area contributed by atoms with Crippen LogP contribution in [0.25, 0.3) is 0 Å². The zero-order chi connectivity index (χ0) is 10.8. The number of hydrogen-bond acceptors (Lipinski definition) is 3. The average molecular weight is 212 g/mol. The molecule has 0 aromatic carbocycles. The Morgan fingerprint density at radius 3 is 2.67 bits per heavy atom. The number of nitrogens with two attached hydrogens (primary N) is 1. The number of piperidine rings is 1. The van der Waals surface area contributed by atoms with E-state index in [9.17, 15) is 5.11 Å². The first-order valence-corrected chi connectivity index (χ1v) is 6.31. The predicted molar refractivity (Wildman–Crippen MR) is 61.5 cm³/mol. The standard InChI is InChI=1S/C12H24N2O/c1-9(15)11-5-12(13)8-14(7-11)6-10-3-2-4-10/h9-12,15H,2-8,13H2,1H3. The number of likely N-dealkylation sites (tertiary alicyclic amines) is 1. The molecular formula is C12H24N2O. The number of aliphatic hydroxyl groups excluding tert-OH is 1. The summed E-state index contributed by atoms with van der Waals surface area (Å²) in [5.41, 5.74) is 6.04. The van der Waals surface area contributed by atoms with E-state index in [2.05, 4.69) is 4.90 Å². The molecule has 3 heteroatoms. The van der Waals surface area contributed by atoms with E-state index in [1.807, 2.05) is 6.92 Å². The van der Waals surface area contributed by atoms with E-state index >= 15 is 0 Å². The van der Waals surface area contributed by atoms with E-state index in [1.54, 1.807) is 0 Å². The van der Waals surface area contributed by atoms with Crippen molar-refractivity contribution in [2.45, 2.75) is 44.8 Å². The monoisotopic (exact) mass is 212 g/mol. The molecule has 0 radical (unpaired) electrons. The molecule has 0 bridgehead atoms. The van der Waals surface area contributed by atoms with Gasteiger partial charge in [-0.1, -0.05) is 6.42 Å². The molecule has 15 heavy (non-hydrogen) atoms. The highest BCUT2D eigenvalue weighted by Crippen LogP contribution is 2.29. The van der Waals surface area contributed by atoms with Gasteiger partial charge in [0.05, 0.1) is 6.10 Å². The summed E-state index contributed by atoms with van der Waals surface area (Å²) in [5.74, 6) is 1.29. The Morgan fingerprint density at radius 2 is 2.13 bits per heavy atom. The molecule has 2 rings (SSSR count). The molecule has 1 aliphatic carbocycles. The Morgan fingerprint density at radius 1 is 1.40 bits per heavy atom. The molecular weight excluding hydrogens is 188 g/mol. The molecule has 3 atom stereocenters. The van der Waals surface area contributed by atoms with Crippen LogP contribution in [0, 0.1) is 11.8 Å². The Kier molecular flexibility index (Phi) is 3.65. The van der Waals surface area contributed by atoms with Gasteiger partial charge in [-0.2, -0.15) is 0 Å². The molecule has 1 heterocycles. The summed E-state index contributed by atoms with van der Waals surface area (Å²) in [4.78, 5) is 2.47. The van der Waals surface area contributed by atoms with Crippen LogP contribution in [-0.4, -0.2) is 41.8 Å². The highest BCUT2D eigenvalue weighted by molar-refractivity contribution is 4.85. The molecule has 0 aromatic heterocycles. The van der Waals surface area contributed by atoms with Gasteiger partial charge in [0.15, 0.2) is 0 Å². The molecule has 0 amide bonds. The largest absolute Gasteiger partial charge is 0.393 e. The van der Waals surface area contributed by atoms with Crippen molar-refractivity contribution in [1.29, 1.82) is 0 Å². The molecule has 0 spiro atoms. The molecule has 1 aliphatic heterocycles. The molecule has 2 fully saturated rings. The van der Waals surface area contributed by atoms with Gasteiger partial charge in [0, 0.05) is 25.7 Å². The topological polar surface area (TPSA) is 49.5 Å². The van der Waals surface area contributed by atoms with Crippen molar-refractivity contribution < 1.29 is 5.11 Å². The van der Waals surface area contributed by atoms with Crippen LogP contribution < -0.4 is 5.73 Å². The van der Waals surface area contributed by atoms with Gasteiger partial charge in [0.25, 0.3) is 0 Å². The Bertz CT molecular complexity index is 204. The van der Waals surface area contributed by atoms with Gasteiger partial charge in [0.2, 0.25) is 0 Å². The molecule has 3 nitrogen and oxygen atoms in total. The Hall–Kier alpha value is -0.120. The van der Waals surface area contributed by atoms with Gasteiger partial charge in [-0.15, -0.1) is 0 Å². The second-order valence-corrected chi connectivity index (χ2v) is 5.51. The lowest BCUT2D eigenvalue weighted by Crippen LogP contribution is -2.51. The third kappa shape index (κ3) is 2.92. The molecule has 1 saturated heterocycles. The minimum absolute atomic E-state index is 0.208. The van der Waals surface area contributed by atoms with Gasteiger partial charge >= 0.3 is 0 Å². The van der Waals surface area contributed by atoms with E-state index < -0.39 is 0 Å². The Balaban J connectivity index is 1.82. The van der Waals surface area contributed by atoms with Crippen LogP contribution in [-0.2, 0) is 0 Å². The third-order valence-electron chi connectivity index (χ3n) is 4.01. The lowest BCUT2D eigenvalue weighted by molar-refractivity contribution is 0.0417. The predicted octanol–water partition coefficient (Wildman–Crippen LogP) is 0.816. The van der Waals surface area contributed by atoms with Gasteiger partial charge < -0.3 is 15.7 Å². The van der Waals surface area contributed by atoms with E-state index in [0.717, 1.165) is 25.4 Å². The van der Waals surface area contributed by atoms with E-state index in [4.69, 9.17) is 5.73 Å². The van der Waals surface area contributed by atoms with Crippen molar-refractivity contribution in [2.24, 2.45) is 17.6 Å². The van der Waals surface area contributed by atoms with Crippen LogP contribution in [0.15, 0.2) is 0 Å². The molecule has 3 unspecified atom stereocenters. The third-order valence-corrected chi connectivity index (χ3v) is 4.01. The molecule has 2 aliphatic rings. The van der Waals surface area contributed by atoms with Crippen LogP contribution in [0.1, 0.15) is 32.6 Å². The highest BCUT2D eigenvalue weighted by Gasteiger charge is 2.30. The lowest BCUT2D eigenvalue weighted by Gasteiger charge is -2.40. The SMILES string of the molecule is CC(O)C1CC(N)CN(CC2CCC2)C1. The number of aliphatic hydroxyl groups is 1. The van der Waals surface area contributed by atoms with E-state index in [-0.39, 0.29) is 12.1 Å². The fourth-order valence-corrected chi connectivity index (χ4v) is 2.81. The van der Waals surface area contributed by atoms with Gasteiger partial charge in [-0.3, -0.25) is 0 Å². The summed E-state index contributed by atoms with van der Waals surface area (Å²) in [7, 11) is 0. The summed E-state index contributed by atoms with van der Waals surface area (Å²) in [6.45, 7) is 5.17. The molecule has 0 aromatic rings. The first-order chi connectivity index (χ1) is 7.15. The fraction of sp³-hybridized carbons (Fsp3) is 1.00. The minimum Gasteiger partial charge on any atom is -0.393 e. The van der Waals surface area contributed by atoms with Crippen molar-refractivity contribution >= 4 is 0 Å². The summed E-state index contributed by atoms with van der Waals surface area (Å²) in [6.07, 6.45) is 4.97. The number of hydrogen-bond donors (Lipinski definition) is 2. The second kappa shape index (κ2) is 4.81.